The maximum Gasteiger partial charge on any atom is 0.573 e. The Labute approximate surface area is 133 Å². The van der Waals surface area contributed by atoms with Crippen molar-refractivity contribution in [3.05, 3.63) is 42.5 Å². The van der Waals surface area contributed by atoms with E-state index in [0.717, 1.165) is 31.2 Å². The Balaban J connectivity index is 1.85. The van der Waals surface area contributed by atoms with E-state index in [0.29, 0.717) is 0 Å². The van der Waals surface area contributed by atoms with Crippen LogP contribution in [0.3, 0.4) is 0 Å². The maximum atomic E-state index is 12.1. The van der Waals surface area contributed by atoms with Gasteiger partial charge in [0.25, 0.3) is 0 Å². The van der Waals surface area contributed by atoms with E-state index in [1.54, 1.807) is 12.1 Å². The van der Waals surface area contributed by atoms with Crippen LogP contribution < -0.4 is 4.74 Å². The lowest BCUT2D eigenvalue weighted by Gasteiger charge is -2.28. The molecule has 1 aromatic carbocycles. The lowest BCUT2D eigenvalue weighted by Crippen LogP contribution is -2.23. The molecule has 0 heterocycles. The van der Waals surface area contributed by atoms with E-state index in [4.69, 9.17) is 4.74 Å². The molecule has 0 N–H and O–H groups in total. The highest BCUT2D eigenvalue weighted by Gasteiger charge is 2.31. The summed E-state index contributed by atoms with van der Waals surface area (Å²) in [6.07, 6.45) is 0.167. The van der Waals surface area contributed by atoms with Gasteiger partial charge in [0.2, 0.25) is 0 Å². The minimum atomic E-state index is -4.67. The van der Waals surface area contributed by atoms with E-state index in [-0.39, 0.29) is 30.2 Å². The zero-order chi connectivity index (χ0) is 16.9. The molecule has 0 saturated heterocycles. The second-order valence-corrected chi connectivity index (χ2v) is 5.57. The molecule has 1 aliphatic rings. The number of carbonyl (C=O) groups is 1. The Hall–Kier alpha value is -1.98. The molecule has 6 heteroatoms. The van der Waals surface area contributed by atoms with Crippen molar-refractivity contribution in [1.29, 1.82) is 0 Å². The largest absolute Gasteiger partial charge is 0.573 e. The van der Waals surface area contributed by atoms with Gasteiger partial charge >= 0.3 is 12.3 Å². The fourth-order valence-corrected chi connectivity index (χ4v) is 2.81. The van der Waals surface area contributed by atoms with E-state index < -0.39 is 6.36 Å². The van der Waals surface area contributed by atoms with Crippen LogP contribution >= 0.6 is 0 Å². The highest BCUT2D eigenvalue weighted by atomic mass is 19.4. The first-order valence-corrected chi connectivity index (χ1v) is 7.53. The lowest BCUT2D eigenvalue weighted by molar-refractivity contribution is -0.274. The van der Waals surface area contributed by atoms with Gasteiger partial charge in [-0.15, -0.1) is 19.8 Å². The quantitative estimate of drug-likeness (QED) is 0.579. The Morgan fingerprint density at radius 1 is 1.17 bits per heavy atom. The predicted octanol–water partition coefficient (Wildman–Crippen LogP) is 4.73. The average molecular weight is 328 g/mol. The summed E-state index contributed by atoms with van der Waals surface area (Å²) in [7, 11) is 0. The molecule has 126 valence electrons. The Morgan fingerprint density at radius 3 is 2.30 bits per heavy atom. The summed E-state index contributed by atoms with van der Waals surface area (Å²) in [5.74, 6) is -0.213. The molecule has 0 aromatic heterocycles. The van der Waals surface area contributed by atoms with Crippen LogP contribution in [0.2, 0.25) is 0 Å². The van der Waals surface area contributed by atoms with Gasteiger partial charge in [-0.3, -0.25) is 4.79 Å². The molecule has 0 atom stereocenters. The van der Waals surface area contributed by atoms with Gasteiger partial charge in [0.1, 0.15) is 11.9 Å². The number of carbonyl (C=O) groups excluding carboxylic acids is 1. The lowest BCUT2D eigenvalue weighted by atomic mass is 9.83. The molecule has 0 unspecified atom stereocenters. The molecule has 3 nitrogen and oxygen atoms in total. The molecule has 0 bridgehead atoms. The molecule has 0 radical (unpaired) electrons. The Kier molecular flexibility index (Phi) is 5.69. The Morgan fingerprint density at radius 2 is 1.78 bits per heavy atom. The number of ether oxygens (including phenoxy) is 2. The van der Waals surface area contributed by atoms with E-state index in [1.165, 1.54) is 18.2 Å². The van der Waals surface area contributed by atoms with Crippen molar-refractivity contribution in [3.63, 3.8) is 0 Å². The normalized spacial score (nSPS) is 21.5. The first-order chi connectivity index (χ1) is 10.9. The molecule has 1 aliphatic carbocycles. The van der Waals surface area contributed by atoms with Crippen LogP contribution in [0.5, 0.6) is 5.75 Å². The molecule has 0 aliphatic heterocycles. The van der Waals surface area contributed by atoms with Gasteiger partial charge in [0, 0.05) is 0 Å². The first kappa shape index (κ1) is 17.4. The third kappa shape index (κ3) is 5.62. The number of benzene rings is 1. The van der Waals surface area contributed by atoms with Gasteiger partial charge < -0.3 is 9.47 Å². The van der Waals surface area contributed by atoms with Crippen LogP contribution in [0, 0.1) is 0 Å². The topological polar surface area (TPSA) is 35.5 Å². The number of rotatable bonds is 5. The SMILES string of the molecule is C=CCC(=O)OC1CCC(c2ccc(OC(F)(F)F)cc2)CC1. The van der Waals surface area contributed by atoms with E-state index >= 15 is 0 Å². The number of esters is 1. The molecular formula is C17H19F3O3. The summed E-state index contributed by atoms with van der Waals surface area (Å²) in [6.45, 7) is 3.49. The first-order valence-electron chi connectivity index (χ1n) is 7.53. The number of alkyl halides is 3. The second-order valence-electron chi connectivity index (χ2n) is 5.57. The summed E-state index contributed by atoms with van der Waals surface area (Å²) in [6, 6.07) is 5.99. The van der Waals surface area contributed by atoms with Crippen molar-refractivity contribution in [2.75, 3.05) is 0 Å². The van der Waals surface area contributed by atoms with Crippen LogP contribution in [0.25, 0.3) is 0 Å². The van der Waals surface area contributed by atoms with Gasteiger partial charge in [-0.25, -0.2) is 0 Å². The molecule has 1 aromatic rings. The molecule has 23 heavy (non-hydrogen) atoms. The van der Waals surface area contributed by atoms with Crippen LogP contribution in [0.1, 0.15) is 43.6 Å². The van der Waals surface area contributed by atoms with Crippen LogP contribution in [-0.2, 0) is 9.53 Å². The van der Waals surface area contributed by atoms with Gasteiger partial charge in [-0.2, -0.15) is 0 Å². The van der Waals surface area contributed by atoms with Gasteiger partial charge in [-0.05, 0) is 49.3 Å². The van der Waals surface area contributed by atoms with Crippen LogP contribution in [-0.4, -0.2) is 18.4 Å². The zero-order valence-electron chi connectivity index (χ0n) is 12.6. The van der Waals surface area contributed by atoms with E-state index in [9.17, 15) is 18.0 Å². The van der Waals surface area contributed by atoms with Crippen molar-refractivity contribution in [2.24, 2.45) is 0 Å². The van der Waals surface area contributed by atoms with Crippen molar-refractivity contribution in [2.45, 2.75) is 50.5 Å². The molecule has 1 saturated carbocycles. The minimum Gasteiger partial charge on any atom is -0.462 e. The fourth-order valence-electron chi connectivity index (χ4n) is 2.81. The third-order valence-electron chi connectivity index (χ3n) is 3.87. The molecule has 0 spiro atoms. The third-order valence-corrected chi connectivity index (χ3v) is 3.87. The highest BCUT2D eigenvalue weighted by Crippen LogP contribution is 2.35. The van der Waals surface area contributed by atoms with Gasteiger partial charge in [-0.1, -0.05) is 18.2 Å². The summed E-state index contributed by atoms with van der Waals surface area (Å²) >= 11 is 0. The number of halogens is 3. The fraction of sp³-hybridized carbons (Fsp3) is 0.471. The highest BCUT2D eigenvalue weighted by molar-refractivity contribution is 5.71. The molecule has 2 rings (SSSR count). The predicted molar refractivity (Wildman–Crippen MR) is 79.0 cm³/mol. The van der Waals surface area contributed by atoms with Crippen molar-refractivity contribution < 1.29 is 27.4 Å². The molecule has 0 amide bonds. The van der Waals surface area contributed by atoms with Gasteiger partial charge in [0.15, 0.2) is 0 Å². The number of hydrogen-bond donors (Lipinski definition) is 0. The minimum absolute atomic E-state index is 0.0773. The van der Waals surface area contributed by atoms with Crippen molar-refractivity contribution in [1.82, 2.24) is 0 Å². The molecule has 1 fully saturated rings. The summed E-state index contributed by atoms with van der Waals surface area (Å²) in [5.41, 5.74) is 0.982. The number of hydrogen-bond acceptors (Lipinski definition) is 3. The van der Waals surface area contributed by atoms with E-state index in [2.05, 4.69) is 11.3 Å². The summed E-state index contributed by atoms with van der Waals surface area (Å²) in [4.78, 5) is 11.4. The van der Waals surface area contributed by atoms with Crippen LogP contribution in [0.4, 0.5) is 13.2 Å². The monoisotopic (exact) mass is 328 g/mol. The average Bonchev–Trinajstić information content (AvgIpc) is 2.47. The van der Waals surface area contributed by atoms with Crippen molar-refractivity contribution in [3.8, 4) is 5.75 Å². The van der Waals surface area contributed by atoms with Crippen molar-refractivity contribution >= 4 is 5.97 Å². The van der Waals surface area contributed by atoms with Gasteiger partial charge in [0.05, 0.1) is 6.42 Å². The standard InChI is InChI=1S/C17H19F3O3/c1-2-3-16(21)22-14-8-4-12(5-9-14)13-6-10-15(11-7-13)23-17(18,19)20/h2,6-7,10-12,14H,1,3-5,8-9H2. The summed E-state index contributed by atoms with van der Waals surface area (Å²) in [5, 5.41) is 0. The van der Waals surface area contributed by atoms with Crippen LogP contribution in [0.15, 0.2) is 36.9 Å². The Bertz CT molecular complexity index is 529. The maximum absolute atomic E-state index is 12.1. The zero-order valence-corrected chi connectivity index (χ0v) is 12.6. The molecular weight excluding hydrogens is 309 g/mol. The smallest absolute Gasteiger partial charge is 0.462 e. The second kappa shape index (κ2) is 7.53. The van der Waals surface area contributed by atoms with E-state index in [1.807, 2.05) is 0 Å². The summed E-state index contributed by atoms with van der Waals surface area (Å²) < 4.78 is 45.6.